The van der Waals surface area contributed by atoms with Crippen LogP contribution < -0.4 is 10.1 Å². The molecule has 0 aliphatic heterocycles. The van der Waals surface area contributed by atoms with Crippen LogP contribution in [0.25, 0.3) is 0 Å². The lowest BCUT2D eigenvalue weighted by Gasteiger charge is -2.12. The van der Waals surface area contributed by atoms with E-state index in [1.54, 1.807) is 20.2 Å². The van der Waals surface area contributed by atoms with E-state index in [0.29, 0.717) is 12.3 Å². The number of rotatable bonds is 6. The Morgan fingerprint density at radius 1 is 1.47 bits per heavy atom. The molecule has 4 heteroatoms. The molecule has 0 heterocycles. The van der Waals surface area contributed by atoms with Crippen LogP contribution in [0.15, 0.2) is 24.3 Å². The summed E-state index contributed by atoms with van der Waals surface area (Å²) in [6.45, 7) is 0.735. The van der Waals surface area contributed by atoms with Gasteiger partial charge in [-0.05, 0) is 24.7 Å². The molecular weight excluding hydrogens is 194 g/mol. The number of ether oxygens (including phenoxy) is 2. The first kappa shape index (κ1) is 12.0. The molecule has 15 heavy (non-hydrogen) atoms. The standard InChI is InChI=1S/C11H17NO3/c1-12-7-11(13)9-4-3-5-10(6-9)15-8-14-2/h3-6,11-13H,7-8H2,1-2H3. The van der Waals surface area contributed by atoms with Crippen molar-refractivity contribution in [2.45, 2.75) is 6.10 Å². The van der Waals surface area contributed by atoms with Gasteiger partial charge >= 0.3 is 0 Å². The first-order valence-electron chi connectivity index (χ1n) is 4.82. The molecule has 0 aliphatic rings. The van der Waals surface area contributed by atoms with Gasteiger partial charge in [-0.2, -0.15) is 0 Å². The maximum atomic E-state index is 9.72. The second-order valence-corrected chi connectivity index (χ2v) is 3.20. The van der Waals surface area contributed by atoms with Crippen molar-refractivity contribution in [2.24, 2.45) is 0 Å². The number of hydrogen-bond donors (Lipinski definition) is 2. The van der Waals surface area contributed by atoms with Gasteiger partial charge in [-0.25, -0.2) is 0 Å². The van der Waals surface area contributed by atoms with Gasteiger partial charge in [0.25, 0.3) is 0 Å². The summed E-state index contributed by atoms with van der Waals surface area (Å²) < 4.78 is 10.1. The van der Waals surface area contributed by atoms with Crippen molar-refractivity contribution < 1.29 is 14.6 Å². The molecule has 1 unspecified atom stereocenters. The molecule has 0 spiro atoms. The number of benzene rings is 1. The zero-order valence-electron chi connectivity index (χ0n) is 9.06. The molecule has 0 amide bonds. The fraction of sp³-hybridized carbons (Fsp3) is 0.455. The van der Waals surface area contributed by atoms with Gasteiger partial charge in [-0.3, -0.25) is 0 Å². The first-order chi connectivity index (χ1) is 7.27. The first-order valence-corrected chi connectivity index (χ1v) is 4.82. The van der Waals surface area contributed by atoms with Gasteiger partial charge < -0.3 is 19.9 Å². The van der Waals surface area contributed by atoms with Gasteiger partial charge in [0.05, 0.1) is 6.10 Å². The summed E-state index contributed by atoms with van der Waals surface area (Å²) in [7, 11) is 3.37. The summed E-state index contributed by atoms with van der Waals surface area (Å²) in [5.41, 5.74) is 0.831. The van der Waals surface area contributed by atoms with E-state index in [2.05, 4.69) is 5.32 Å². The van der Waals surface area contributed by atoms with E-state index in [4.69, 9.17) is 9.47 Å². The van der Waals surface area contributed by atoms with Crippen molar-refractivity contribution in [1.29, 1.82) is 0 Å². The molecule has 1 atom stereocenters. The number of aliphatic hydroxyl groups excluding tert-OH is 1. The predicted molar refractivity (Wildman–Crippen MR) is 57.8 cm³/mol. The van der Waals surface area contributed by atoms with Crippen molar-refractivity contribution in [3.63, 3.8) is 0 Å². The van der Waals surface area contributed by atoms with E-state index in [1.165, 1.54) is 0 Å². The third kappa shape index (κ3) is 3.87. The summed E-state index contributed by atoms with van der Waals surface area (Å²) >= 11 is 0. The Morgan fingerprint density at radius 2 is 2.27 bits per heavy atom. The molecule has 0 aliphatic carbocycles. The average Bonchev–Trinajstić information content (AvgIpc) is 2.27. The summed E-state index contributed by atoms with van der Waals surface area (Å²) in [4.78, 5) is 0. The van der Waals surface area contributed by atoms with Gasteiger partial charge in [0.2, 0.25) is 0 Å². The number of likely N-dealkylation sites (N-methyl/N-ethyl adjacent to an activating group) is 1. The lowest BCUT2D eigenvalue weighted by molar-refractivity contribution is 0.0508. The minimum Gasteiger partial charge on any atom is -0.468 e. The van der Waals surface area contributed by atoms with Crippen molar-refractivity contribution >= 4 is 0 Å². The van der Waals surface area contributed by atoms with Crippen molar-refractivity contribution in [3.8, 4) is 5.75 Å². The second kappa shape index (κ2) is 6.40. The Kier molecular flexibility index (Phi) is 5.10. The lowest BCUT2D eigenvalue weighted by atomic mass is 10.1. The van der Waals surface area contributed by atoms with E-state index < -0.39 is 6.10 Å². The Hall–Kier alpha value is -1.10. The van der Waals surface area contributed by atoms with Crippen molar-refractivity contribution in [2.75, 3.05) is 27.5 Å². The normalized spacial score (nSPS) is 12.5. The van der Waals surface area contributed by atoms with Crippen LogP contribution in [0.1, 0.15) is 11.7 Å². The Bertz CT molecular complexity index is 291. The van der Waals surface area contributed by atoms with Gasteiger partial charge in [-0.15, -0.1) is 0 Å². The fourth-order valence-electron chi connectivity index (χ4n) is 1.25. The lowest BCUT2D eigenvalue weighted by Crippen LogP contribution is -2.16. The Morgan fingerprint density at radius 3 is 2.93 bits per heavy atom. The summed E-state index contributed by atoms with van der Waals surface area (Å²) in [5, 5.41) is 12.6. The van der Waals surface area contributed by atoms with Crippen molar-refractivity contribution in [3.05, 3.63) is 29.8 Å². The van der Waals surface area contributed by atoms with Crippen LogP contribution in [0.5, 0.6) is 5.75 Å². The Labute approximate surface area is 89.8 Å². The highest BCUT2D eigenvalue weighted by molar-refractivity contribution is 5.29. The van der Waals surface area contributed by atoms with Crippen LogP contribution in [0, 0.1) is 0 Å². The summed E-state index contributed by atoms with van der Waals surface area (Å²) in [5.74, 6) is 0.699. The minimum atomic E-state index is -0.513. The predicted octanol–water partition coefficient (Wildman–Crippen LogP) is 0.922. The van der Waals surface area contributed by atoms with Crippen LogP contribution in [0.4, 0.5) is 0 Å². The number of aliphatic hydroxyl groups is 1. The van der Waals surface area contributed by atoms with Crippen LogP contribution in [0.3, 0.4) is 0 Å². The molecule has 1 rings (SSSR count). The Balaban J connectivity index is 2.64. The van der Waals surface area contributed by atoms with E-state index >= 15 is 0 Å². The molecule has 0 saturated heterocycles. The smallest absolute Gasteiger partial charge is 0.188 e. The zero-order chi connectivity index (χ0) is 11.1. The van der Waals surface area contributed by atoms with Gasteiger partial charge in [0.1, 0.15) is 5.75 Å². The quantitative estimate of drug-likeness (QED) is 0.687. The molecule has 0 fully saturated rings. The molecule has 4 nitrogen and oxygen atoms in total. The van der Waals surface area contributed by atoms with Crippen LogP contribution >= 0.6 is 0 Å². The second-order valence-electron chi connectivity index (χ2n) is 3.20. The molecule has 0 aromatic heterocycles. The molecule has 1 aromatic carbocycles. The van der Waals surface area contributed by atoms with E-state index in [0.717, 1.165) is 5.56 Å². The zero-order valence-corrected chi connectivity index (χ0v) is 9.06. The minimum absolute atomic E-state index is 0.214. The summed E-state index contributed by atoms with van der Waals surface area (Å²) in [6.07, 6.45) is -0.513. The molecule has 1 aromatic rings. The third-order valence-electron chi connectivity index (χ3n) is 1.98. The highest BCUT2D eigenvalue weighted by Crippen LogP contribution is 2.18. The van der Waals surface area contributed by atoms with Crippen LogP contribution in [-0.2, 0) is 4.74 Å². The van der Waals surface area contributed by atoms with Crippen LogP contribution in [0.2, 0.25) is 0 Å². The van der Waals surface area contributed by atoms with Crippen LogP contribution in [-0.4, -0.2) is 32.6 Å². The molecule has 0 bridgehead atoms. The largest absolute Gasteiger partial charge is 0.468 e. The maximum absolute atomic E-state index is 9.72. The molecule has 0 radical (unpaired) electrons. The molecule has 84 valence electrons. The monoisotopic (exact) mass is 211 g/mol. The van der Waals surface area contributed by atoms with Gasteiger partial charge in [0, 0.05) is 13.7 Å². The van der Waals surface area contributed by atoms with Crippen molar-refractivity contribution in [1.82, 2.24) is 5.32 Å². The number of hydrogen-bond acceptors (Lipinski definition) is 4. The van der Waals surface area contributed by atoms with E-state index in [-0.39, 0.29) is 6.79 Å². The fourth-order valence-corrected chi connectivity index (χ4v) is 1.25. The highest BCUT2D eigenvalue weighted by Gasteiger charge is 2.06. The average molecular weight is 211 g/mol. The molecular formula is C11H17NO3. The van der Waals surface area contributed by atoms with Gasteiger partial charge in [-0.1, -0.05) is 12.1 Å². The third-order valence-corrected chi connectivity index (χ3v) is 1.98. The van der Waals surface area contributed by atoms with E-state index in [1.807, 2.05) is 18.2 Å². The highest BCUT2D eigenvalue weighted by atomic mass is 16.7. The topological polar surface area (TPSA) is 50.7 Å². The van der Waals surface area contributed by atoms with Gasteiger partial charge in [0.15, 0.2) is 6.79 Å². The summed E-state index contributed by atoms with van der Waals surface area (Å²) in [6, 6.07) is 7.34. The number of nitrogens with one attached hydrogen (secondary N) is 1. The maximum Gasteiger partial charge on any atom is 0.188 e. The molecule has 2 N–H and O–H groups in total. The SMILES string of the molecule is CNCC(O)c1cccc(OCOC)c1. The van der Waals surface area contributed by atoms with E-state index in [9.17, 15) is 5.11 Å². The molecule has 0 saturated carbocycles. The number of methoxy groups -OCH3 is 1.